The summed E-state index contributed by atoms with van der Waals surface area (Å²) in [5, 5.41) is 140. The molecule has 3 saturated carbocycles. The first-order valence-corrected chi connectivity index (χ1v) is 23.2. The number of hydrogen-bond donors (Lipinski definition) is 13. The molecule has 0 radical (unpaired) electrons. The molecule has 0 aromatic carbocycles. The fourth-order valence-electron chi connectivity index (χ4n) is 10.7. The molecular formula is C43H71O24+. The Balaban J connectivity index is 1.05. The second kappa shape index (κ2) is 23.3. The zero-order chi connectivity index (χ0) is 48.4. The maximum atomic E-state index is 12.8. The van der Waals surface area contributed by atoms with Crippen LogP contribution in [0.25, 0.3) is 0 Å². The Morgan fingerprint density at radius 3 is 1.94 bits per heavy atom. The van der Waals surface area contributed by atoms with E-state index in [1.807, 2.05) is 0 Å². The Kier molecular flexibility index (Phi) is 18.4. The molecule has 24 heteroatoms. The Hall–Kier alpha value is -1.67. The van der Waals surface area contributed by atoms with E-state index in [-0.39, 0.29) is 43.9 Å². The average Bonchev–Trinajstić information content (AvgIpc) is 3.30. The topological polar surface area (TPSA) is 376 Å². The van der Waals surface area contributed by atoms with Gasteiger partial charge in [0.2, 0.25) is 0 Å². The molecule has 3 aliphatic carbocycles. The summed E-state index contributed by atoms with van der Waals surface area (Å²) in [4.78, 5) is 12.8. The van der Waals surface area contributed by atoms with Crippen LogP contribution >= 0.6 is 0 Å². The van der Waals surface area contributed by atoms with Gasteiger partial charge in [-0.15, -0.1) is 0 Å². The smallest absolute Gasteiger partial charge is 0.330 e. The van der Waals surface area contributed by atoms with Gasteiger partial charge in [0.1, 0.15) is 86.0 Å². The molecule has 0 aromatic heterocycles. The largest absolute Gasteiger partial charge is 0.460 e. The molecule has 25 unspecified atom stereocenters. The number of carbonyl (C=O) groups excluding carboxylic acids is 1. The van der Waals surface area contributed by atoms with E-state index in [4.69, 9.17) is 47.4 Å². The number of methoxy groups -OCH3 is 2. The van der Waals surface area contributed by atoms with Crippen LogP contribution in [0.1, 0.15) is 51.4 Å². The summed E-state index contributed by atoms with van der Waals surface area (Å²) in [5.41, 5.74) is 0. The van der Waals surface area contributed by atoms with Gasteiger partial charge < -0.3 is 114 Å². The minimum absolute atomic E-state index is 0.0861. The van der Waals surface area contributed by atoms with Gasteiger partial charge in [0.25, 0.3) is 0 Å². The van der Waals surface area contributed by atoms with Crippen molar-refractivity contribution in [1.29, 1.82) is 0 Å². The van der Waals surface area contributed by atoms with Crippen LogP contribution in [0.15, 0.2) is 12.2 Å². The van der Waals surface area contributed by atoms with E-state index in [9.17, 15) is 71.2 Å². The molecule has 4 saturated heterocycles. The van der Waals surface area contributed by atoms with Crippen LogP contribution in [-0.4, -0.2) is 258 Å². The highest BCUT2D eigenvalue weighted by molar-refractivity contribution is 5.81. The summed E-state index contributed by atoms with van der Waals surface area (Å²) < 4.78 is 56.8. The van der Waals surface area contributed by atoms with E-state index >= 15 is 0 Å². The third-order valence-electron chi connectivity index (χ3n) is 14.7. The lowest BCUT2D eigenvalue weighted by Gasteiger charge is -2.49. The van der Waals surface area contributed by atoms with Crippen molar-refractivity contribution < 1.29 is 119 Å². The van der Waals surface area contributed by atoms with Crippen LogP contribution in [-0.2, 0) is 47.4 Å². The fraction of sp³-hybridized carbons (Fsp3) is 0.930. The Morgan fingerprint density at radius 1 is 0.597 bits per heavy atom. The Labute approximate surface area is 386 Å². The number of rotatable bonds is 14. The quantitative estimate of drug-likeness (QED) is 0.0437. The van der Waals surface area contributed by atoms with Crippen molar-refractivity contribution in [2.75, 3.05) is 34.0 Å². The molecule has 386 valence electrons. The number of aliphatic hydroxyl groups is 15. The minimum atomic E-state index is -1.91. The maximum absolute atomic E-state index is 12.8. The van der Waals surface area contributed by atoms with Gasteiger partial charge >= 0.3 is 5.97 Å². The third kappa shape index (κ3) is 12.2. The SMILES string of the molecule is COC1CC(C=CC(=O)OCC2OC(OCC3OC(OC4CC5C(O)CC(O)CC5[OH+]C4C4CCC(O)C(O)C4)C(OC4OCC(O)C(O)C4O)C(O)C3O)C(O)C(O)C2O)CC(OC)C1O. The van der Waals surface area contributed by atoms with Gasteiger partial charge in [-0.25, -0.2) is 4.79 Å². The van der Waals surface area contributed by atoms with Gasteiger partial charge in [-0.2, -0.15) is 0 Å². The lowest BCUT2D eigenvalue weighted by molar-refractivity contribution is -0.385. The number of ether oxygens (including phenoxy) is 10. The number of hydrogen-bond acceptors (Lipinski definition) is 23. The van der Waals surface area contributed by atoms with E-state index in [1.165, 1.54) is 14.2 Å². The maximum Gasteiger partial charge on any atom is 0.330 e. The lowest BCUT2D eigenvalue weighted by atomic mass is 9.72. The highest BCUT2D eigenvalue weighted by Gasteiger charge is 2.57. The number of allylic oxidation sites excluding steroid dienone is 1. The van der Waals surface area contributed by atoms with Gasteiger partial charge in [-0.05, 0) is 44.4 Å². The van der Waals surface area contributed by atoms with Crippen molar-refractivity contribution >= 4 is 5.97 Å². The monoisotopic (exact) mass is 971 g/mol. The summed E-state index contributed by atoms with van der Waals surface area (Å²) in [7, 11) is 2.92. The number of carbonyl (C=O) groups is 1. The standard InChI is InChI=1S/C43H70O24/c1-58-25-7-16(8-26(59-2)32(25)51)3-6-30(49)60-14-28-33(52)35(54)38(57)41(65-28)62-15-29-34(53)36(55)40(67-42-37(56)31(50)23(48)13-61-42)43(66-29)64-27-12-19-21(46)10-18(44)11-24(19)63-39(27)17-4-5-20(45)22(47)9-17/h3,6,16-29,31-48,50-57H,4-5,7-15H2,1-2H3/p+1. The zero-order valence-corrected chi connectivity index (χ0v) is 37.4. The molecule has 24 nitrogen and oxygen atoms in total. The Morgan fingerprint density at radius 2 is 1.25 bits per heavy atom. The zero-order valence-electron chi connectivity index (χ0n) is 37.4. The van der Waals surface area contributed by atoms with E-state index < -0.39 is 179 Å². The molecule has 7 rings (SSSR count). The number of esters is 1. The van der Waals surface area contributed by atoms with E-state index in [0.29, 0.717) is 19.3 Å². The molecule has 7 aliphatic rings. The molecule has 0 aromatic rings. The van der Waals surface area contributed by atoms with Crippen molar-refractivity contribution in [2.45, 2.75) is 198 Å². The normalized spacial score (nSPS) is 51.0. The van der Waals surface area contributed by atoms with Gasteiger partial charge in [0.15, 0.2) is 31.1 Å². The third-order valence-corrected chi connectivity index (χ3v) is 14.7. The Bertz CT molecular complexity index is 1580. The van der Waals surface area contributed by atoms with Gasteiger partial charge in [-0.3, -0.25) is 0 Å². The molecular weight excluding hydrogens is 900 g/mol. The van der Waals surface area contributed by atoms with Crippen LogP contribution in [0.5, 0.6) is 0 Å². The molecule has 67 heavy (non-hydrogen) atoms. The molecule has 0 bridgehead atoms. The minimum Gasteiger partial charge on any atom is -0.460 e. The van der Waals surface area contributed by atoms with Crippen molar-refractivity contribution in [1.82, 2.24) is 0 Å². The number of fused-ring (bicyclic) bond motifs is 1. The van der Waals surface area contributed by atoms with Crippen LogP contribution in [0.2, 0.25) is 0 Å². The first kappa shape index (κ1) is 53.1. The highest BCUT2D eigenvalue weighted by atomic mass is 16.8. The van der Waals surface area contributed by atoms with E-state index in [1.54, 1.807) is 6.08 Å². The van der Waals surface area contributed by atoms with Gasteiger partial charge in [-0.1, -0.05) is 6.08 Å². The second-order valence-electron chi connectivity index (χ2n) is 19.2. The molecule has 0 spiro atoms. The van der Waals surface area contributed by atoms with Crippen molar-refractivity contribution in [2.24, 2.45) is 17.8 Å². The summed E-state index contributed by atoms with van der Waals surface area (Å²) >= 11 is 0. The predicted octanol–water partition coefficient (Wildman–Crippen LogP) is -6.31. The van der Waals surface area contributed by atoms with Crippen molar-refractivity contribution in [3.63, 3.8) is 0 Å². The summed E-state index contributed by atoms with van der Waals surface area (Å²) in [6.45, 7) is -1.75. The van der Waals surface area contributed by atoms with Crippen molar-refractivity contribution in [3.8, 4) is 0 Å². The van der Waals surface area contributed by atoms with E-state index in [0.717, 1.165) is 6.08 Å². The molecule has 14 N–H and O–H groups in total. The summed E-state index contributed by atoms with van der Waals surface area (Å²) in [6.07, 6.45) is -26.9. The lowest BCUT2D eigenvalue weighted by Crippen LogP contribution is -2.65. The fourth-order valence-corrected chi connectivity index (χ4v) is 10.7. The van der Waals surface area contributed by atoms with Crippen LogP contribution in [0, 0.1) is 17.8 Å². The highest BCUT2D eigenvalue weighted by Crippen LogP contribution is 2.43. The average molecular weight is 972 g/mol. The summed E-state index contributed by atoms with van der Waals surface area (Å²) in [5.74, 6) is -1.88. The molecule has 7 fully saturated rings. The second-order valence-corrected chi connectivity index (χ2v) is 19.2. The van der Waals surface area contributed by atoms with E-state index in [2.05, 4.69) is 0 Å². The first-order valence-electron chi connectivity index (χ1n) is 23.2. The van der Waals surface area contributed by atoms with Gasteiger partial charge in [0.05, 0.1) is 55.8 Å². The van der Waals surface area contributed by atoms with Crippen LogP contribution in [0.4, 0.5) is 0 Å². The van der Waals surface area contributed by atoms with Gasteiger partial charge in [0, 0.05) is 39.1 Å². The van der Waals surface area contributed by atoms with Crippen molar-refractivity contribution in [3.05, 3.63) is 12.2 Å². The predicted molar refractivity (Wildman–Crippen MR) is 220 cm³/mol. The van der Waals surface area contributed by atoms with Crippen LogP contribution in [0.3, 0.4) is 0 Å². The molecule has 4 heterocycles. The molecule has 4 aliphatic heterocycles. The molecule has 25 atom stereocenters. The summed E-state index contributed by atoms with van der Waals surface area (Å²) in [6, 6.07) is 0. The van der Waals surface area contributed by atoms with Crippen LogP contribution < -0.4 is 0 Å². The first-order chi connectivity index (χ1) is 31.9. The molecule has 0 amide bonds. The number of aliphatic hydroxyl groups excluding tert-OH is 13.